The van der Waals surface area contributed by atoms with E-state index < -0.39 is 0 Å². The van der Waals surface area contributed by atoms with E-state index in [1.165, 1.54) is 5.56 Å². The molecule has 3 nitrogen and oxygen atoms in total. The third-order valence-corrected chi connectivity index (χ3v) is 4.96. The molecule has 0 radical (unpaired) electrons. The summed E-state index contributed by atoms with van der Waals surface area (Å²) in [5.41, 5.74) is 5.91. The summed E-state index contributed by atoms with van der Waals surface area (Å²) < 4.78 is 0. The molecule has 3 heteroatoms. The van der Waals surface area contributed by atoms with Crippen molar-refractivity contribution in [3.63, 3.8) is 0 Å². The number of hydrogen-bond donors (Lipinski definition) is 2. The van der Waals surface area contributed by atoms with E-state index in [0.29, 0.717) is 12.0 Å². The molecule has 0 aliphatic heterocycles. The van der Waals surface area contributed by atoms with Gasteiger partial charge in [-0.25, -0.2) is 0 Å². The quantitative estimate of drug-likeness (QED) is 0.738. The molecule has 0 heterocycles. The van der Waals surface area contributed by atoms with Crippen LogP contribution in [0.1, 0.15) is 27.9 Å². The van der Waals surface area contributed by atoms with Crippen LogP contribution in [0, 0.1) is 0 Å². The number of aryl methyl sites for hydroxylation is 1. The number of aliphatic hydroxyl groups excluding tert-OH is 1. The average Bonchev–Trinajstić information content (AvgIpc) is 2.69. The van der Waals surface area contributed by atoms with E-state index in [2.05, 4.69) is 23.5 Å². The Morgan fingerprint density at radius 2 is 1.62 bits per heavy atom. The summed E-state index contributed by atoms with van der Waals surface area (Å²) in [7, 11) is 0. The number of anilines is 1. The predicted molar refractivity (Wildman–Crippen MR) is 104 cm³/mol. The van der Waals surface area contributed by atoms with Gasteiger partial charge in [0.05, 0.1) is 6.10 Å². The number of nitrogens with one attached hydrogen (secondary N) is 1. The molecule has 0 saturated carbocycles. The van der Waals surface area contributed by atoms with Crippen molar-refractivity contribution in [1.82, 2.24) is 0 Å². The highest BCUT2D eigenvalue weighted by molar-refractivity contribution is 6.05. The summed E-state index contributed by atoms with van der Waals surface area (Å²) >= 11 is 0. The maximum Gasteiger partial charge on any atom is 0.255 e. The van der Waals surface area contributed by atoms with Crippen molar-refractivity contribution < 1.29 is 9.90 Å². The van der Waals surface area contributed by atoms with Crippen LogP contribution in [-0.4, -0.2) is 17.1 Å². The highest BCUT2D eigenvalue weighted by Gasteiger charge is 2.20. The number of amides is 1. The van der Waals surface area contributed by atoms with E-state index in [1.54, 1.807) is 0 Å². The van der Waals surface area contributed by atoms with E-state index in [-0.39, 0.29) is 12.0 Å². The first-order valence-electron chi connectivity index (χ1n) is 8.96. The molecule has 1 amide bonds. The molecular weight excluding hydrogens is 322 g/mol. The highest BCUT2D eigenvalue weighted by atomic mass is 16.3. The van der Waals surface area contributed by atoms with Crippen molar-refractivity contribution in [2.45, 2.75) is 25.4 Å². The van der Waals surface area contributed by atoms with Gasteiger partial charge in [-0.15, -0.1) is 0 Å². The summed E-state index contributed by atoms with van der Waals surface area (Å²) in [5, 5.41) is 13.0. The van der Waals surface area contributed by atoms with Crippen molar-refractivity contribution in [3.8, 4) is 11.1 Å². The molecule has 1 aliphatic rings. The standard InChI is InChI=1S/C23H21NO2/c25-20-14-13-18-7-4-8-22(21(18)15-20)24-23(26)19-11-9-17(10-12-19)16-5-2-1-3-6-16/h1-12,20,25H,13-15H2,(H,24,26). The Balaban J connectivity index is 1.54. The van der Waals surface area contributed by atoms with Crippen LogP contribution in [0.3, 0.4) is 0 Å². The highest BCUT2D eigenvalue weighted by Crippen LogP contribution is 2.28. The van der Waals surface area contributed by atoms with Crippen LogP contribution in [0.15, 0.2) is 72.8 Å². The molecule has 26 heavy (non-hydrogen) atoms. The SMILES string of the molecule is O=C(Nc1cccc2c1CC(O)CC2)c1ccc(-c2ccccc2)cc1. The Morgan fingerprint density at radius 1 is 0.885 bits per heavy atom. The fourth-order valence-corrected chi connectivity index (χ4v) is 3.53. The molecule has 0 bridgehead atoms. The Morgan fingerprint density at radius 3 is 2.38 bits per heavy atom. The number of rotatable bonds is 3. The first kappa shape index (κ1) is 16.6. The first-order chi connectivity index (χ1) is 12.7. The molecular formula is C23H21NO2. The summed E-state index contributed by atoms with van der Waals surface area (Å²) in [6.07, 6.45) is 1.90. The summed E-state index contributed by atoms with van der Waals surface area (Å²) in [4.78, 5) is 12.7. The zero-order valence-electron chi connectivity index (χ0n) is 14.5. The molecule has 4 rings (SSSR count). The van der Waals surface area contributed by atoms with Crippen LogP contribution < -0.4 is 5.32 Å². The number of aliphatic hydroxyl groups is 1. The average molecular weight is 343 g/mol. The molecule has 3 aromatic rings. The van der Waals surface area contributed by atoms with Crippen LogP contribution in [0.2, 0.25) is 0 Å². The fraction of sp³-hybridized carbons (Fsp3) is 0.174. The minimum absolute atomic E-state index is 0.127. The normalized spacial score (nSPS) is 16.0. The maximum absolute atomic E-state index is 12.7. The smallest absolute Gasteiger partial charge is 0.255 e. The van der Waals surface area contributed by atoms with Crippen molar-refractivity contribution in [3.05, 3.63) is 89.5 Å². The van der Waals surface area contributed by atoms with Crippen LogP contribution in [0.5, 0.6) is 0 Å². The minimum Gasteiger partial charge on any atom is -0.393 e. The molecule has 1 unspecified atom stereocenters. The van der Waals surface area contributed by atoms with Gasteiger partial charge >= 0.3 is 0 Å². The van der Waals surface area contributed by atoms with Crippen molar-refractivity contribution in [1.29, 1.82) is 0 Å². The van der Waals surface area contributed by atoms with Gasteiger partial charge in [-0.05, 0) is 53.3 Å². The van der Waals surface area contributed by atoms with Crippen LogP contribution in [0.4, 0.5) is 5.69 Å². The largest absolute Gasteiger partial charge is 0.393 e. The molecule has 130 valence electrons. The van der Waals surface area contributed by atoms with Crippen molar-refractivity contribution >= 4 is 11.6 Å². The Kier molecular flexibility index (Phi) is 4.55. The third kappa shape index (κ3) is 3.39. The van der Waals surface area contributed by atoms with Gasteiger partial charge in [0.2, 0.25) is 0 Å². The topological polar surface area (TPSA) is 49.3 Å². The van der Waals surface area contributed by atoms with Gasteiger partial charge in [0, 0.05) is 17.7 Å². The van der Waals surface area contributed by atoms with Gasteiger partial charge in [0.25, 0.3) is 5.91 Å². The van der Waals surface area contributed by atoms with E-state index in [9.17, 15) is 9.90 Å². The summed E-state index contributed by atoms with van der Waals surface area (Å²) in [6.45, 7) is 0. The molecule has 0 saturated heterocycles. The van der Waals surface area contributed by atoms with E-state index in [4.69, 9.17) is 0 Å². The molecule has 0 spiro atoms. The maximum atomic E-state index is 12.7. The monoisotopic (exact) mass is 343 g/mol. The number of carbonyl (C=O) groups excluding carboxylic acids is 1. The predicted octanol–water partition coefficient (Wildman–Crippen LogP) is 4.46. The Labute approximate surface area is 153 Å². The van der Waals surface area contributed by atoms with Gasteiger partial charge in [-0.1, -0.05) is 54.6 Å². The second kappa shape index (κ2) is 7.14. The fourth-order valence-electron chi connectivity index (χ4n) is 3.53. The van der Waals surface area contributed by atoms with Gasteiger partial charge in [-0.2, -0.15) is 0 Å². The van der Waals surface area contributed by atoms with E-state index in [0.717, 1.165) is 35.2 Å². The zero-order valence-corrected chi connectivity index (χ0v) is 14.5. The van der Waals surface area contributed by atoms with E-state index >= 15 is 0 Å². The lowest BCUT2D eigenvalue weighted by Crippen LogP contribution is -2.21. The lowest BCUT2D eigenvalue weighted by Gasteiger charge is -2.23. The lowest BCUT2D eigenvalue weighted by molar-refractivity contribution is 0.102. The Hall–Kier alpha value is -2.91. The van der Waals surface area contributed by atoms with Crippen molar-refractivity contribution in [2.75, 3.05) is 5.32 Å². The van der Waals surface area contributed by atoms with Crippen LogP contribution in [-0.2, 0) is 12.8 Å². The minimum atomic E-state index is -0.328. The van der Waals surface area contributed by atoms with Gasteiger partial charge in [-0.3, -0.25) is 4.79 Å². The summed E-state index contributed by atoms with van der Waals surface area (Å²) in [6, 6.07) is 23.7. The zero-order chi connectivity index (χ0) is 17.9. The molecule has 3 aromatic carbocycles. The van der Waals surface area contributed by atoms with Gasteiger partial charge in [0.15, 0.2) is 0 Å². The van der Waals surface area contributed by atoms with Crippen molar-refractivity contribution in [2.24, 2.45) is 0 Å². The lowest BCUT2D eigenvalue weighted by atomic mass is 9.88. The number of fused-ring (bicyclic) bond motifs is 1. The summed E-state index contributed by atoms with van der Waals surface area (Å²) in [5.74, 6) is -0.127. The molecule has 2 N–H and O–H groups in total. The second-order valence-electron chi connectivity index (χ2n) is 6.74. The van der Waals surface area contributed by atoms with E-state index in [1.807, 2.05) is 54.6 Å². The second-order valence-corrected chi connectivity index (χ2v) is 6.74. The molecule has 0 aromatic heterocycles. The molecule has 1 aliphatic carbocycles. The van der Waals surface area contributed by atoms with Crippen LogP contribution >= 0.6 is 0 Å². The Bertz CT molecular complexity index is 917. The molecule has 1 atom stereocenters. The third-order valence-electron chi connectivity index (χ3n) is 4.96. The number of carbonyl (C=O) groups is 1. The number of hydrogen-bond acceptors (Lipinski definition) is 2. The van der Waals surface area contributed by atoms with Gasteiger partial charge < -0.3 is 10.4 Å². The van der Waals surface area contributed by atoms with Crippen LogP contribution in [0.25, 0.3) is 11.1 Å². The number of benzene rings is 3. The first-order valence-corrected chi connectivity index (χ1v) is 8.96. The molecule has 0 fully saturated rings. The van der Waals surface area contributed by atoms with Gasteiger partial charge in [0.1, 0.15) is 0 Å².